The number of aromatic nitrogens is 4. The van der Waals surface area contributed by atoms with Crippen molar-refractivity contribution in [1.29, 1.82) is 0 Å². The Bertz CT molecular complexity index is 1180. The van der Waals surface area contributed by atoms with E-state index in [1.165, 1.54) is 0 Å². The first-order valence-electron chi connectivity index (χ1n) is 9.97. The van der Waals surface area contributed by atoms with Gasteiger partial charge in [-0.25, -0.2) is 15.0 Å². The Kier molecular flexibility index (Phi) is 4.78. The van der Waals surface area contributed by atoms with Gasteiger partial charge in [-0.1, -0.05) is 12.1 Å². The molecule has 30 heavy (non-hydrogen) atoms. The van der Waals surface area contributed by atoms with Gasteiger partial charge in [0.1, 0.15) is 17.2 Å². The van der Waals surface area contributed by atoms with E-state index >= 15 is 0 Å². The largest absolute Gasteiger partial charge is 0.383 e. The number of pyridine rings is 2. The Morgan fingerprint density at radius 2 is 1.77 bits per heavy atom. The number of benzene rings is 1. The van der Waals surface area contributed by atoms with Crippen molar-refractivity contribution in [2.75, 3.05) is 36.9 Å². The number of nitrogens with two attached hydrogens (primary N) is 2. The molecule has 0 aliphatic carbocycles. The maximum Gasteiger partial charge on any atom is 0.167 e. The van der Waals surface area contributed by atoms with Gasteiger partial charge in [-0.05, 0) is 42.0 Å². The van der Waals surface area contributed by atoms with Crippen LogP contribution < -0.4 is 16.4 Å². The third-order valence-electron chi connectivity index (χ3n) is 5.33. The van der Waals surface area contributed by atoms with Crippen LogP contribution in [0.5, 0.6) is 0 Å². The molecule has 0 unspecified atom stereocenters. The number of nitrogens with zero attached hydrogens (tertiary/aromatic N) is 5. The fourth-order valence-corrected chi connectivity index (χ4v) is 3.73. The van der Waals surface area contributed by atoms with E-state index in [1.807, 2.05) is 53.1 Å². The molecule has 4 N–H and O–H groups in total. The van der Waals surface area contributed by atoms with Crippen molar-refractivity contribution in [1.82, 2.24) is 19.5 Å². The zero-order valence-electron chi connectivity index (χ0n) is 16.5. The molecular weight excluding hydrogens is 378 g/mol. The highest BCUT2D eigenvalue weighted by Crippen LogP contribution is 2.31. The molecule has 8 heteroatoms. The fraction of sp³-hybridized carbons (Fsp3) is 0.227. The van der Waals surface area contributed by atoms with Crippen molar-refractivity contribution in [2.45, 2.75) is 6.54 Å². The summed E-state index contributed by atoms with van der Waals surface area (Å²) in [6.45, 7) is 3.54. The lowest BCUT2D eigenvalue weighted by molar-refractivity contribution is 0.122. The quantitative estimate of drug-likeness (QED) is 0.540. The number of rotatable bonds is 4. The highest BCUT2D eigenvalue weighted by molar-refractivity contribution is 5.83. The van der Waals surface area contributed by atoms with Gasteiger partial charge in [0.15, 0.2) is 11.5 Å². The minimum Gasteiger partial charge on any atom is -0.383 e. The van der Waals surface area contributed by atoms with E-state index in [0.717, 1.165) is 46.9 Å². The van der Waals surface area contributed by atoms with Crippen molar-refractivity contribution in [3.63, 3.8) is 0 Å². The number of hydrogen-bond acceptors (Lipinski definition) is 7. The molecule has 0 spiro atoms. The maximum atomic E-state index is 6.19. The molecule has 4 heterocycles. The molecule has 0 atom stereocenters. The summed E-state index contributed by atoms with van der Waals surface area (Å²) in [7, 11) is 0. The molecule has 8 nitrogen and oxygen atoms in total. The molecule has 0 amide bonds. The van der Waals surface area contributed by atoms with Gasteiger partial charge >= 0.3 is 0 Å². The van der Waals surface area contributed by atoms with Crippen LogP contribution in [0.2, 0.25) is 0 Å². The first-order chi connectivity index (χ1) is 14.7. The van der Waals surface area contributed by atoms with Crippen molar-refractivity contribution in [2.24, 2.45) is 5.73 Å². The average molecular weight is 401 g/mol. The van der Waals surface area contributed by atoms with Crippen LogP contribution in [-0.2, 0) is 11.3 Å². The summed E-state index contributed by atoms with van der Waals surface area (Å²) in [5.74, 6) is 2.06. The van der Waals surface area contributed by atoms with Crippen LogP contribution in [0.1, 0.15) is 5.56 Å². The van der Waals surface area contributed by atoms with Gasteiger partial charge in [0, 0.05) is 31.5 Å². The third-order valence-corrected chi connectivity index (χ3v) is 5.33. The van der Waals surface area contributed by atoms with E-state index in [4.69, 9.17) is 26.2 Å². The maximum absolute atomic E-state index is 6.19. The Hall–Kier alpha value is -3.49. The lowest BCUT2D eigenvalue weighted by Gasteiger charge is -2.27. The Balaban J connectivity index is 1.72. The Morgan fingerprint density at radius 1 is 0.967 bits per heavy atom. The summed E-state index contributed by atoms with van der Waals surface area (Å²) in [6.07, 6.45) is 1.68. The van der Waals surface area contributed by atoms with Gasteiger partial charge in [-0.3, -0.25) is 4.57 Å². The molecule has 1 aromatic carbocycles. The second-order valence-electron chi connectivity index (χ2n) is 7.19. The highest BCUT2D eigenvalue weighted by Gasteiger charge is 2.20. The molecule has 3 aromatic heterocycles. The van der Waals surface area contributed by atoms with E-state index in [-0.39, 0.29) is 0 Å². The van der Waals surface area contributed by atoms with Crippen molar-refractivity contribution < 1.29 is 4.74 Å². The molecule has 1 aliphatic rings. The fourth-order valence-electron chi connectivity index (χ4n) is 3.73. The molecule has 1 aliphatic heterocycles. The zero-order chi connectivity index (χ0) is 20.5. The van der Waals surface area contributed by atoms with Crippen molar-refractivity contribution in [3.05, 3.63) is 60.3 Å². The van der Waals surface area contributed by atoms with Crippen LogP contribution in [-0.4, -0.2) is 45.8 Å². The average Bonchev–Trinajstić information content (AvgIpc) is 3.18. The number of imidazole rings is 1. The zero-order valence-corrected chi connectivity index (χ0v) is 16.5. The molecule has 5 rings (SSSR count). The van der Waals surface area contributed by atoms with Gasteiger partial charge < -0.3 is 21.1 Å². The highest BCUT2D eigenvalue weighted by atomic mass is 16.5. The van der Waals surface area contributed by atoms with Crippen LogP contribution >= 0.6 is 0 Å². The van der Waals surface area contributed by atoms with Crippen LogP contribution in [0.4, 0.5) is 11.6 Å². The van der Waals surface area contributed by atoms with Crippen LogP contribution in [0.25, 0.3) is 28.2 Å². The predicted molar refractivity (Wildman–Crippen MR) is 117 cm³/mol. The molecule has 1 fully saturated rings. The van der Waals surface area contributed by atoms with E-state index in [1.54, 1.807) is 6.20 Å². The second-order valence-corrected chi connectivity index (χ2v) is 7.19. The van der Waals surface area contributed by atoms with Gasteiger partial charge in [0.25, 0.3) is 0 Å². The Labute approximate surface area is 174 Å². The molecular formula is C22H23N7O. The molecule has 152 valence electrons. The minimum absolute atomic E-state index is 0.432. The van der Waals surface area contributed by atoms with E-state index in [2.05, 4.69) is 9.88 Å². The van der Waals surface area contributed by atoms with Gasteiger partial charge in [-0.2, -0.15) is 0 Å². The lowest BCUT2D eigenvalue weighted by Crippen LogP contribution is -2.36. The lowest BCUT2D eigenvalue weighted by atomic mass is 10.2. The normalized spacial score (nSPS) is 14.4. The molecule has 0 saturated carbocycles. The van der Waals surface area contributed by atoms with Gasteiger partial charge in [-0.15, -0.1) is 0 Å². The third kappa shape index (κ3) is 3.26. The standard InChI is InChI=1S/C22H23N7O/c23-14-15-3-5-16(6-4-15)29-21(17-2-1-9-25-20(17)24)26-18-7-8-19(27-22(18)29)28-10-12-30-13-11-28/h1-9H,10-14,23H2,(H2,24,25). The van der Waals surface area contributed by atoms with Crippen LogP contribution in [0, 0.1) is 0 Å². The van der Waals surface area contributed by atoms with Gasteiger partial charge in [0.05, 0.1) is 18.8 Å². The summed E-state index contributed by atoms with van der Waals surface area (Å²) in [5, 5.41) is 0. The van der Waals surface area contributed by atoms with E-state index < -0.39 is 0 Å². The van der Waals surface area contributed by atoms with E-state index in [9.17, 15) is 0 Å². The smallest absolute Gasteiger partial charge is 0.167 e. The summed E-state index contributed by atoms with van der Waals surface area (Å²) in [6, 6.07) is 15.9. The Morgan fingerprint density at radius 3 is 2.50 bits per heavy atom. The van der Waals surface area contributed by atoms with E-state index in [0.29, 0.717) is 31.4 Å². The number of hydrogen-bond donors (Lipinski definition) is 2. The summed E-state index contributed by atoms with van der Waals surface area (Å²) < 4.78 is 7.52. The van der Waals surface area contributed by atoms with Crippen molar-refractivity contribution in [3.8, 4) is 17.1 Å². The molecule has 0 radical (unpaired) electrons. The van der Waals surface area contributed by atoms with Crippen molar-refractivity contribution >= 4 is 22.8 Å². The SMILES string of the molecule is NCc1ccc(-n2c(-c3cccnc3N)nc3ccc(N4CCOCC4)nc32)cc1. The summed E-state index contributed by atoms with van der Waals surface area (Å²) in [5.41, 5.74) is 16.3. The van der Waals surface area contributed by atoms with Crippen LogP contribution in [0.15, 0.2) is 54.7 Å². The second kappa shape index (κ2) is 7.74. The molecule has 1 saturated heterocycles. The number of ether oxygens (including phenoxy) is 1. The number of anilines is 2. The number of fused-ring (bicyclic) bond motifs is 1. The van der Waals surface area contributed by atoms with Gasteiger partial charge in [0.2, 0.25) is 0 Å². The molecule has 0 bridgehead atoms. The molecule has 4 aromatic rings. The topological polar surface area (TPSA) is 108 Å². The van der Waals surface area contributed by atoms with Crippen LogP contribution in [0.3, 0.4) is 0 Å². The summed E-state index contributed by atoms with van der Waals surface area (Å²) in [4.78, 5) is 16.3. The predicted octanol–water partition coefficient (Wildman–Crippen LogP) is 2.36. The monoisotopic (exact) mass is 401 g/mol. The summed E-state index contributed by atoms with van der Waals surface area (Å²) >= 11 is 0. The number of morpholine rings is 1. The first-order valence-corrected chi connectivity index (χ1v) is 9.97. The minimum atomic E-state index is 0.432. The number of nitrogen functional groups attached to an aromatic ring is 1. The first kappa shape index (κ1) is 18.5.